The van der Waals surface area contributed by atoms with E-state index >= 15 is 0 Å². The minimum atomic E-state index is -4.81. The minimum Gasteiger partial charge on any atom is -0.458 e. The molecule has 2 aromatic heterocycles. The minimum absolute atomic E-state index is 0.175. The number of benzene rings is 1. The Balaban J connectivity index is 1.80. The first kappa shape index (κ1) is 23.1. The first-order chi connectivity index (χ1) is 15.3. The molecule has 0 N–H and O–H groups in total. The van der Waals surface area contributed by atoms with Crippen LogP contribution in [0.25, 0.3) is 22.0 Å². The van der Waals surface area contributed by atoms with E-state index in [0.29, 0.717) is 13.0 Å². The van der Waals surface area contributed by atoms with Gasteiger partial charge in [0, 0.05) is 31.6 Å². The van der Waals surface area contributed by atoms with Crippen molar-refractivity contribution < 1.29 is 31.5 Å². The number of alkyl halides is 3. The fourth-order valence-corrected chi connectivity index (χ4v) is 4.09. The zero-order chi connectivity index (χ0) is 24.3. The van der Waals surface area contributed by atoms with Crippen molar-refractivity contribution in [1.29, 1.82) is 0 Å². The topological polar surface area (TPSA) is 77.6 Å². The van der Waals surface area contributed by atoms with Crippen molar-refractivity contribution in [3.05, 3.63) is 39.8 Å². The number of carbonyl (C=O) groups is 1. The molecule has 1 amide bonds. The molecule has 3 heterocycles. The molecular weight excluding hydrogens is 446 g/mol. The van der Waals surface area contributed by atoms with Gasteiger partial charge in [0.2, 0.25) is 5.82 Å². The van der Waals surface area contributed by atoms with Crippen LogP contribution in [0.5, 0.6) is 0 Å². The van der Waals surface area contributed by atoms with E-state index in [1.165, 1.54) is 17.9 Å². The third kappa shape index (κ3) is 4.16. The lowest BCUT2D eigenvalue weighted by molar-refractivity contribution is -0.146. The lowest BCUT2D eigenvalue weighted by Gasteiger charge is -2.24. The zero-order valence-electron chi connectivity index (χ0n) is 18.5. The number of likely N-dealkylation sites (tertiary alicyclic amines) is 1. The van der Waals surface area contributed by atoms with Gasteiger partial charge in [0.05, 0.1) is 5.39 Å². The summed E-state index contributed by atoms with van der Waals surface area (Å²) in [6, 6.07) is 2.07. The fraction of sp³-hybridized carbons (Fsp3) is 0.500. The zero-order valence-corrected chi connectivity index (χ0v) is 18.5. The van der Waals surface area contributed by atoms with Gasteiger partial charge in [0.15, 0.2) is 11.0 Å². The van der Waals surface area contributed by atoms with Gasteiger partial charge >= 0.3 is 12.3 Å². The van der Waals surface area contributed by atoms with E-state index in [0.717, 1.165) is 10.6 Å². The summed E-state index contributed by atoms with van der Waals surface area (Å²) in [5, 5.41) is -0.194. The van der Waals surface area contributed by atoms with Crippen LogP contribution in [-0.2, 0) is 17.5 Å². The number of hydrogen-bond acceptors (Lipinski definition) is 5. The fourth-order valence-electron chi connectivity index (χ4n) is 4.09. The smallest absolute Gasteiger partial charge is 0.449 e. The average molecular weight is 469 g/mol. The summed E-state index contributed by atoms with van der Waals surface area (Å²) in [5.41, 5.74) is -2.21. The first-order valence-corrected chi connectivity index (χ1v) is 10.5. The van der Waals surface area contributed by atoms with Gasteiger partial charge in [-0.3, -0.25) is 4.79 Å². The van der Waals surface area contributed by atoms with Crippen molar-refractivity contribution in [1.82, 2.24) is 14.5 Å². The van der Waals surface area contributed by atoms with E-state index in [9.17, 15) is 27.2 Å². The lowest BCUT2D eigenvalue weighted by Crippen LogP contribution is -2.35. The second kappa shape index (κ2) is 7.74. The molecule has 0 radical (unpaired) electrons. The molecule has 33 heavy (non-hydrogen) atoms. The third-order valence-corrected chi connectivity index (χ3v) is 5.50. The highest BCUT2D eigenvalue weighted by atomic mass is 19.4. The first-order valence-electron chi connectivity index (χ1n) is 10.5. The molecule has 1 unspecified atom stereocenters. The third-order valence-electron chi connectivity index (χ3n) is 5.50. The second-order valence-corrected chi connectivity index (χ2v) is 9.03. The van der Waals surface area contributed by atoms with Crippen LogP contribution < -0.4 is 5.43 Å². The summed E-state index contributed by atoms with van der Waals surface area (Å²) in [5.74, 6) is -2.42. The van der Waals surface area contributed by atoms with Gasteiger partial charge in [-0.1, -0.05) is 0 Å². The van der Waals surface area contributed by atoms with Crippen molar-refractivity contribution in [3.63, 3.8) is 0 Å². The molecule has 0 saturated carbocycles. The van der Waals surface area contributed by atoms with Crippen LogP contribution in [0.3, 0.4) is 0 Å². The summed E-state index contributed by atoms with van der Waals surface area (Å²) in [6.45, 7) is 7.08. The van der Waals surface area contributed by atoms with Crippen molar-refractivity contribution in [2.75, 3.05) is 13.1 Å². The van der Waals surface area contributed by atoms with Crippen LogP contribution in [0.15, 0.2) is 21.3 Å². The molecule has 0 bridgehead atoms. The normalized spacial score (nSPS) is 17.3. The summed E-state index contributed by atoms with van der Waals surface area (Å²) in [6.07, 6.45) is -4.85. The summed E-state index contributed by atoms with van der Waals surface area (Å²) in [4.78, 5) is 30.2. The summed E-state index contributed by atoms with van der Waals surface area (Å²) < 4.78 is 67.2. The Kier molecular flexibility index (Phi) is 5.41. The Morgan fingerprint density at radius 2 is 1.97 bits per heavy atom. The van der Waals surface area contributed by atoms with Crippen molar-refractivity contribution in [2.45, 2.75) is 58.4 Å². The molecule has 1 aromatic carbocycles. The Morgan fingerprint density at radius 3 is 2.58 bits per heavy atom. The van der Waals surface area contributed by atoms with Gasteiger partial charge in [0.25, 0.3) is 0 Å². The quantitative estimate of drug-likeness (QED) is 0.491. The monoisotopic (exact) mass is 469 g/mol. The van der Waals surface area contributed by atoms with Gasteiger partial charge in [-0.05, 0) is 40.2 Å². The van der Waals surface area contributed by atoms with Crippen LogP contribution in [0.2, 0.25) is 0 Å². The molecule has 178 valence electrons. The molecule has 1 saturated heterocycles. The van der Waals surface area contributed by atoms with Crippen LogP contribution >= 0.6 is 0 Å². The van der Waals surface area contributed by atoms with Crippen LogP contribution in [0.4, 0.5) is 22.4 Å². The molecule has 11 heteroatoms. The van der Waals surface area contributed by atoms with Gasteiger partial charge in [-0.15, -0.1) is 0 Å². The number of hydrogen-bond donors (Lipinski definition) is 0. The molecule has 7 nitrogen and oxygen atoms in total. The van der Waals surface area contributed by atoms with Gasteiger partial charge in [0.1, 0.15) is 28.2 Å². The van der Waals surface area contributed by atoms with Crippen LogP contribution in [-0.4, -0.2) is 39.2 Å². The molecule has 1 aliphatic rings. The van der Waals surface area contributed by atoms with E-state index in [-0.39, 0.29) is 46.8 Å². The number of amides is 1. The number of imidazole rings is 1. The number of rotatable bonds is 2. The Labute approximate surface area is 185 Å². The number of aryl methyl sites for hydroxylation is 1. The Bertz CT molecular complexity index is 1300. The highest BCUT2D eigenvalue weighted by Gasteiger charge is 2.39. The Morgan fingerprint density at radius 1 is 1.27 bits per heavy atom. The van der Waals surface area contributed by atoms with E-state index in [4.69, 9.17) is 9.15 Å². The predicted molar refractivity (Wildman–Crippen MR) is 112 cm³/mol. The highest BCUT2D eigenvalue weighted by molar-refractivity contribution is 6.01. The standard InChI is InChI=1S/C22H23F4N3O4/c1-5-29-17-13(23)8-12-14(30)9-15(32-18(12)16(17)27-19(29)22(24,25)26)11-6-7-28(10-11)20(31)33-21(2,3)4/h8-9,11H,5-7,10H2,1-4H3. The van der Waals surface area contributed by atoms with Gasteiger partial charge in [-0.2, -0.15) is 13.2 Å². The average Bonchev–Trinajstić information content (AvgIpc) is 3.32. The molecule has 4 rings (SSSR count). The van der Waals surface area contributed by atoms with Crippen molar-refractivity contribution >= 4 is 28.1 Å². The maximum Gasteiger partial charge on any atom is 0.449 e. The number of ether oxygens (including phenoxy) is 1. The molecular formula is C22H23F4N3O4. The predicted octanol–water partition coefficient (Wildman–Crippen LogP) is 5.04. The van der Waals surface area contributed by atoms with E-state index in [1.54, 1.807) is 20.8 Å². The Hall–Kier alpha value is -3.11. The van der Waals surface area contributed by atoms with Crippen molar-refractivity contribution in [2.24, 2.45) is 0 Å². The molecule has 1 aliphatic heterocycles. The number of fused-ring (bicyclic) bond motifs is 3. The molecule has 0 aliphatic carbocycles. The number of halogens is 4. The maximum atomic E-state index is 14.8. The van der Waals surface area contributed by atoms with Gasteiger partial charge in [-0.25, -0.2) is 14.2 Å². The number of nitrogens with zero attached hydrogens (tertiary/aromatic N) is 3. The second-order valence-electron chi connectivity index (χ2n) is 9.03. The van der Waals surface area contributed by atoms with Crippen molar-refractivity contribution in [3.8, 4) is 0 Å². The SMILES string of the molecule is CCn1c(C(F)(F)F)nc2c3oc(C4CCN(C(=O)OC(C)(C)C)C4)cc(=O)c3cc(F)c21. The van der Waals surface area contributed by atoms with Gasteiger partial charge < -0.3 is 18.6 Å². The molecule has 0 spiro atoms. The van der Waals surface area contributed by atoms with Crippen LogP contribution in [0, 0.1) is 5.82 Å². The van der Waals surface area contributed by atoms with E-state index < -0.39 is 34.9 Å². The number of aromatic nitrogens is 2. The number of carbonyl (C=O) groups excluding carboxylic acids is 1. The lowest BCUT2D eigenvalue weighted by atomic mass is 10.0. The maximum absolute atomic E-state index is 14.8. The summed E-state index contributed by atoms with van der Waals surface area (Å²) in [7, 11) is 0. The highest BCUT2D eigenvalue weighted by Crippen LogP contribution is 2.36. The largest absolute Gasteiger partial charge is 0.458 e. The molecule has 3 aromatic rings. The summed E-state index contributed by atoms with van der Waals surface area (Å²) >= 11 is 0. The molecule has 1 atom stereocenters. The van der Waals surface area contributed by atoms with Crippen LogP contribution in [0.1, 0.15) is 51.6 Å². The van der Waals surface area contributed by atoms with E-state index in [1.807, 2.05) is 0 Å². The van der Waals surface area contributed by atoms with E-state index in [2.05, 4.69) is 4.98 Å². The molecule has 1 fully saturated rings.